The fraction of sp³-hybridized carbons (Fsp3) is 0.294. The summed E-state index contributed by atoms with van der Waals surface area (Å²) < 4.78 is 26.1. The molecule has 0 radical (unpaired) electrons. The lowest BCUT2D eigenvalue weighted by Gasteiger charge is -2.14. The van der Waals surface area contributed by atoms with E-state index in [0.29, 0.717) is 23.6 Å². The van der Waals surface area contributed by atoms with Crippen molar-refractivity contribution in [3.05, 3.63) is 58.3 Å². The zero-order chi connectivity index (χ0) is 15.2. The van der Waals surface area contributed by atoms with Crippen LogP contribution in [0.2, 0.25) is 0 Å². The number of rotatable bonds is 6. The third kappa shape index (κ3) is 4.46. The van der Waals surface area contributed by atoms with Crippen LogP contribution in [-0.2, 0) is 6.61 Å². The zero-order valence-corrected chi connectivity index (χ0v) is 13.7. The van der Waals surface area contributed by atoms with E-state index in [0.717, 1.165) is 5.56 Å². The lowest BCUT2D eigenvalue weighted by atomic mass is 10.2. The van der Waals surface area contributed by atoms with E-state index in [1.807, 2.05) is 44.2 Å². The maximum absolute atomic E-state index is 14.4. The van der Waals surface area contributed by atoms with Crippen molar-refractivity contribution in [1.82, 2.24) is 0 Å². The minimum absolute atomic E-state index is 0.195. The van der Waals surface area contributed by atoms with E-state index in [2.05, 4.69) is 15.9 Å². The third-order valence-corrected chi connectivity index (χ3v) is 3.44. The van der Waals surface area contributed by atoms with E-state index in [-0.39, 0.29) is 11.5 Å². The highest BCUT2D eigenvalue weighted by Gasteiger charge is 2.15. The van der Waals surface area contributed by atoms with Gasteiger partial charge in [0.2, 0.25) is 5.82 Å². The molecule has 0 aliphatic carbocycles. The molecular formula is C17H18BrFO2. The van der Waals surface area contributed by atoms with Crippen molar-refractivity contribution in [2.24, 2.45) is 5.92 Å². The molecule has 2 nitrogen and oxygen atoms in total. The van der Waals surface area contributed by atoms with E-state index in [1.54, 1.807) is 12.1 Å². The molecule has 0 aromatic heterocycles. The monoisotopic (exact) mass is 352 g/mol. The lowest BCUT2D eigenvalue weighted by Crippen LogP contribution is -2.07. The molecule has 0 unspecified atom stereocenters. The second kappa shape index (κ2) is 7.46. The summed E-state index contributed by atoms with van der Waals surface area (Å²) >= 11 is 3.31. The largest absolute Gasteiger partial charge is 0.489 e. The Labute approximate surface area is 133 Å². The Morgan fingerprint density at radius 3 is 2.43 bits per heavy atom. The molecular weight excluding hydrogens is 335 g/mol. The van der Waals surface area contributed by atoms with Crippen molar-refractivity contribution in [3.8, 4) is 11.5 Å². The molecule has 2 aromatic carbocycles. The van der Waals surface area contributed by atoms with Gasteiger partial charge in [-0.25, -0.2) is 0 Å². The van der Waals surface area contributed by atoms with Gasteiger partial charge >= 0.3 is 0 Å². The molecule has 0 heterocycles. The van der Waals surface area contributed by atoms with Crippen LogP contribution in [0.4, 0.5) is 4.39 Å². The van der Waals surface area contributed by atoms with Crippen molar-refractivity contribution in [1.29, 1.82) is 0 Å². The van der Waals surface area contributed by atoms with Crippen LogP contribution in [-0.4, -0.2) is 6.61 Å². The van der Waals surface area contributed by atoms with Crippen molar-refractivity contribution in [2.45, 2.75) is 20.5 Å². The fourth-order valence-electron chi connectivity index (χ4n) is 1.74. The summed E-state index contributed by atoms with van der Waals surface area (Å²) in [5.41, 5.74) is 0.990. The molecule has 2 rings (SSSR count). The first-order chi connectivity index (χ1) is 10.1. The van der Waals surface area contributed by atoms with E-state index < -0.39 is 5.82 Å². The van der Waals surface area contributed by atoms with Crippen molar-refractivity contribution in [2.75, 3.05) is 6.61 Å². The molecule has 4 heteroatoms. The van der Waals surface area contributed by atoms with Gasteiger partial charge in [-0.05, 0) is 39.5 Å². The summed E-state index contributed by atoms with van der Waals surface area (Å²) in [6, 6.07) is 13.0. The zero-order valence-electron chi connectivity index (χ0n) is 12.1. The molecule has 0 amide bonds. The van der Waals surface area contributed by atoms with Crippen LogP contribution >= 0.6 is 15.9 Å². The fourth-order valence-corrected chi connectivity index (χ4v) is 2.16. The highest BCUT2D eigenvalue weighted by Crippen LogP contribution is 2.34. The molecule has 112 valence electrons. The smallest absolute Gasteiger partial charge is 0.208 e. The molecule has 0 N–H and O–H groups in total. The minimum Gasteiger partial charge on any atom is -0.489 e. The van der Waals surface area contributed by atoms with E-state index in [4.69, 9.17) is 9.47 Å². The van der Waals surface area contributed by atoms with Crippen LogP contribution in [0.5, 0.6) is 11.5 Å². The van der Waals surface area contributed by atoms with E-state index >= 15 is 0 Å². The molecule has 2 aromatic rings. The van der Waals surface area contributed by atoms with Gasteiger partial charge in [-0.15, -0.1) is 0 Å². The van der Waals surface area contributed by atoms with E-state index in [1.165, 1.54) is 0 Å². The number of hydrogen-bond donors (Lipinski definition) is 0. The summed E-state index contributed by atoms with van der Waals surface area (Å²) in [5.74, 6) is 0.251. The van der Waals surface area contributed by atoms with Gasteiger partial charge in [0.25, 0.3) is 0 Å². The van der Waals surface area contributed by atoms with Gasteiger partial charge < -0.3 is 9.47 Å². The van der Waals surface area contributed by atoms with Crippen LogP contribution in [0.15, 0.2) is 46.9 Å². The quantitative estimate of drug-likeness (QED) is 0.711. The maximum Gasteiger partial charge on any atom is 0.208 e. The lowest BCUT2D eigenvalue weighted by molar-refractivity contribution is 0.244. The number of ether oxygens (including phenoxy) is 2. The maximum atomic E-state index is 14.4. The number of hydrogen-bond acceptors (Lipinski definition) is 2. The van der Waals surface area contributed by atoms with Crippen molar-refractivity contribution >= 4 is 15.9 Å². The van der Waals surface area contributed by atoms with Crippen LogP contribution < -0.4 is 9.47 Å². The summed E-state index contributed by atoms with van der Waals surface area (Å²) in [7, 11) is 0. The standard InChI is InChI=1S/C17H18BrFO2/c1-12(2)10-21-17-14(18)8-9-15(16(17)19)20-11-13-6-4-3-5-7-13/h3-9,12H,10-11H2,1-2H3. The predicted octanol–water partition coefficient (Wildman–Crippen LogP) is 5.20. The van der Waals surface area contributed by atoms with Crippen molar-refractivity contribution < 1.29 is 13.9 Å². The molecule has 0 fully saturated rings. The Morgan fingerprint density at radius 2 is 1.76 bits per heavy atom. The molecule has 0 aliphatic rings. The van der Waals surface area contributed by atoms with Gasteiger partial charge in [0.05, 0.1) is 11.1 Å². The molecule has 0 saturated heterocycles. The molecule has 0 atom stereocenters. The SMILES string of the molecule is CC(C)COc1c(Br)ccc(OCc2ccccc2)c1F. The Morgan fingerprint density at radius 1 is 1.05 bits per heavy atom. The van der Waals surface area contributed by atoms with Gasteiger partial charge in [-0.1, -0.05) is 44.2 Å². The molecule has 0 aliphatic heterocycles. The van der Waals surface area contributed by atoms with Gasteiger partial charge in [-0.2, -0.15) is 4.39 Å². The summed E-state index contributed by atoms with van der Waals surface area (Å²) in [4.78, 5) is 0. The average molecular weight is 353 g/mol. The predicted molar refractivity (Wildman–Crippen MR) is 85.2 cm³/mol. The van der Waals surface area contributed by atoms with Gasteiger partial charge in [-0.3, -0.25) is 0 Å². The summed E-state index contributed by atoms with van der Waals surface area (Å²) in [5, 5.41) is 0. The van der Waals surface area contributed by atoms with Gasteiger partial charge in [0.1, 0.15) is 6.61 Å². The normalized spacial score (nSPS) is 10.7. The van der Waals surface area contributed by atoms with Crippen LogP contribution in [0.3, 0.4) is 0 Å². The summed E-state index contributed by atoms with van der Waals surface area (Å²) in [6.45, 7) is 4.81. The van der Waals surface area contributed by atoms with Gasteiger partial charge in [0.15, 0.2) is 11.5 Å². The first-order valence-corrected chi connectivity index (χ1v) is 7.64. The summed E-state index contributed by atoms with van der Waals surface area (Å²) in [6.07, 6.45) is 0. The topological polar surface area (TPSA) is 18.5 Å². The minimum atomic E-state index is -0.471. The third-order valence-electron chi connectivity index (χ3n) is 2.81. The van der Waals surface area contributed by atoms with Crippen LogP contribution in [0.1, 0.15) is 19.4 Å². The van der Waals surface area contributed by atoms with E-state index in [9.17, 15) is 4.39 Å². The molecule has 0 saturated carbocycles. The Balaban J connectivity index is 2.11. The Hall–Kier alpha value is -1.55. The second-order valence-electron chi connectivity index (χ2n) is 5.17. The van der Waals surface area contributed by atoms with Crippen LogP contribution in [0, 0.1) is 11.7 Å². The first-order valence-electron chi connectivity index (χ1n) is 6.85. The Kier molecular flexibility index (Phi) is 5.62. The van der Waals surface area contributed by atoms with Gasteiger partial charge in [0, 0.05) is 0 Å². The van der Waals surface area contributed by atoms with Crippen LogP contribution in [0.25, 0.3) is 0 Å². The molecule has 21 heavy (non-hydrogen) atoms. The first kappa shape index (κ1) is 15.8. The van der Waals surface area contributed by atoms with Crippen molar-refractivity contribution in [3.63, 3.8) is 0 Å². The average Bonchev–Trinajstić information content (AvgIpc) is 2.47. The second-order valence-corrected chi connectivity index (χ2v) is 6.02. The highest BCUT2D eigenvalue weighted by molar-refractivity contribution is 9.10. The number of halogens is 2. The Bertz CT molecular complexity index is 585. The molecule has 0 bridgehead atoms. The highest BCUT2D eigenvalue weighted by atomic mass is 79.9. The molecule has 0 spiro atoms. The number of benzene rings is 2.